The predicted octanol–water partition coefficient (Wildman–Crippen LogP) is 4.27. The Morgan fingerprint density at radius 2 is 2.04 bits per heavy atom. The second kappa shape index (κ2) is 8.84. The summed E-state index contributed by atoms with van der Waals surface area (Å²) in [6.45, 7) is 6.39. The summed E-state index contributed by atoms with van der Waals surface area (Å²) >= 11 is 0. The number of hydrogen-bond donors (Lipinski definition) is 0. The maximum absolute atomic E-state index is 13.2. The van der Waals surface area contributed by atoms with Crippen molar-refractivity contribution in [3.05, 3.63) is 59.4 Å². The lowest BCUT2D eigenvalue weighted by Gasteiger charge is -2.23. The highest BCUT2D eigenvalue weighted by molar-refractivity contribution is 5.77. The molecule has 0 atom stereocenters. The highest BCUT2D eigenvalue weighted by Gasteiger charge is 2.19. The molecule has 6 nitrogen and oxygen atoms in total. The van der Waals surface area contributed by atoms with Crippen molar-refractivity contribution in [3.8, 4) is 6.08 Å². The van der Waals surface area contributed by atoms with Gasteiger partial charge in [-0.3, -0.25) is 9.63 Å². The van der Waals surface area contributed by atoms with Crippen LogP contribution in [-0.2, 0) is 16.2 Å². The topological polar surface area (TPSA) is 64.8 Å². The smallest absolute Gasteiger partial charge is 0.395 e. The van der Waals surface area contributed by atoms with Gasteiger partial charge in [0.15, 0.2) is 12.2 Å². The number of carbonyl (C=O) groups excluding carboxylic acids is 1. The van der Waals surface area contributed by atoms with Gasteiger partial charge in [0, 0.05) is 6.07 Å². The van der Waals surface area contributed by atoms with Crippen LogP contribution in [0.25, 0.3) is 11.1 Å². The first-order valence-electron chi connectivity index (χ1n) is 9.09. The molecule has 1 aromatic heterocycles. The molecule has 0 N–H and O–H groups in total. The summed E-state index contributed by atoms with van der Waals surface area (Å²) in [6.07, 6.45) is -0.0858. The Hall–Kier alpha value is -2.93. The van der Waals surface area contributed by atoms with Gasteiger partial charge in [-0.15, -0.1) is 0 Å². The Kier molecular flexibility index (Phi) is 6.26. The van der Waals surface area contributed by atoms with Crippen LogP contribution in [0, 0.1) is 18.7 Å². The van der Waals surface area contributed by atoms with Crippen molar-refractivity contribution in [2.24, 2.45) is 5.92 Å². The van der Waals surface area contributed by atoms with Gasteiger partial charge in [0.05, 0.1) is 6.54 Å². The first kappa shape index (κ1) is 19.8. The molecule has 2 aromatic carbocycles. The van der Waals surface area contributed by atoms with E-state index in [2.05, 4.69) is 4.98 Å². The van der Waals surface area contributed by atoms with Gasteiger partial charge in [-0.05, 0) is 36.1 Å². The molecule has 1 heterocycles. The summed E-state index contributed by atoms with van der Waals surface area (Å²) in [5.41, 5.74) is 2.82. The van der Waals surface area contributed by atoms with E-state index in [1.165, 1.54) is 23.3 Å². The van der Waals surface area contributed by atoms with Crippen LogP contribution in [0.3, 0.4) is 0 Å². The van der Waals surface area contributed by atoms with Gasteiger partial charge in [0.1, 0.15) is 17.9 Å². The van der Waals surface area contributed by atoms with Gasteiger partial charge in [-0.2, -0.15) is 4.98 Å². The molecule has 0 aliphatic carbocycles. The van der Waals surface area contributed by atoms with Gasteiger partial charge < -0.3 is 9.15 Å². The van der Waals surface area contributed by atoms with Crippen LogP contribution >= 0.6 is 0 Å². The Morgan fingerprint density at radius 3 is 2.79 bits per heavy atom. The largest absolute Gasteiger partial charge is 0.440 e. The third-order valence-electron chi connectivity index (χ3n) is 4.10. The molecule has 28 heavy (non-hydrogen) atoms. The molecular weight excluding hydrogens is 363 g/mol. The van der Waals surface area contributed by atoms with Crippen molar-refractivity contribution in [1.29, 1.82) is 0 Å². The monoisotopic (exact) mass is 386 g/mol. The SMILES string of the molecule is Cc1ccccc1CON(CC(C)C)C(=O)COc1nc2cc(F)ccc2o1. The van der Waals surface area contributed by atoms with Gasteiger partial charge in [-0.25, -0.2) is 9.45 Å². The number of carbonyl (C=O) groups is 1. The number of fused-ring (bicyclic) bond motifs is 1. The number of hydrogen-bond acceptors (Lipinski definition) is 5. The van der Waals surface area contributed by atoms with E-state index in [1.54, 1.807) is 0 Å². The van der Waals surface area contributed by atoms with E-state index in [9.17, 15) is 9.18 Å². The van der Waals surface area contributed by atoms with Crippen LogP contribution in [0.1, 0.15) is 25.0 Å². The van der Waals surface area contributed by atoms with Crippen molar-refractivity contribution >= 4 is 17.0 Å². The van der Waals surface area contributed by atoms with E-state index in [0.717, 1.165) is 11.1 Å². The average molecular weight is 386 g/mol. The minimum absolute atomic E-state index is 0.0858. The van der Waals surface area contributed by atoms with E-state index in [1.807, 2.05) is 45.0 Å². The summed E-state index contributed by atoms with van der Waals surface area (Å²) in [4.78, 5) is 22.4. The lowest BCUT2D eigenvalue weighted by molar-refractivity contribution is -0.196. The molecule has 0 saturated carbocycles. The molecule has 0 unspecified atom stereocenters. The van der Waals surface area contributed by atoms with Gasteiger partial charge in [-0.1, -0.05) is 38.1 Å². The molecule has 0 fully saturated rings. The fourth-order valence-corrected chi connectivity index (χ4v) is 2.61. The van der Waals surface area contributed by atoms with Gasteiger partial charge >= 0.3 is 6.08 Å². The van der Waals surface area contributed by atoms with Crippen molar-refractivity contribution in [1.82, 2.24) is 10.0 Å². The molecule has 0 bridgehead atoms. The molecule has 148 valence electrons. The molecule has 0 spiro atoms. The highest BCUT2D eigenvalue weighted by Crippen LogP contribution is 2.21. The van der Waals surface area contributed by atoms with Gasteiger partial charge in [0.2, 0.25) is 0 Å². The highest BCUT2D eigenvalue weighted by atomic mass is 19.1. The van der Waals surface area contributed by atoms with E-state index in [4.69, 9.17) is 14.0 Å². The lowest BCUT2D eigenvalue weighted by Crippen LogP contribution is -2.37. The maximum atomic E-state index is 13.2. The minimum Gasteiger partial charge on any atom is -0.440 e. The average Bonchev–Trinajstić information content (AvgIpc) is 3.06. The van der Waals surface area contributed by atoms with Crippen LogP contribution in [0.5, 0.6) is 6.08 Å². The predicted molar refractivity (Wildman–Crippen MR) is 102 cm³/mol. The van der Waals surface area contributed by atoms with Crippen LogP contribution < -0.4 is 4.74 Å². The Bertz CT molecular complexity index is 954. The zero-order chi connectivity index (χ0) is 20.1. The fraction of sp³-hybridized carbons (Fsp3) is 0.333. The number of hydroxylamine groups is 2. The summed E-state index contributed by atoms with van der Waals surface area (Å²) in [5, 5.41) is 1.30. The number of rotatable bonds is 8. The summed E-state index contributed by atoms with van der Waals surface area (Å²) < 4.78 is 24.0. The number of halogens is 1. The van der Waals surface area contributed by atoms with Gasteiger partial charge in [0.25, 0.3) is 5.91 Å². The summed E-state index contributed by atoms with van der Waals surface area (Å²) in [5.74, 6) is -0.556. The van der Waals surface area contributed by atoms with Crippen molar-refractivity contribution in [2.45, 2.75) is 27.4 Å². The number of amides is 1. The molecule has 7 heteroatoms. The Labute approximate surface area is 162 Å². The zero-order valence-corrected chi connectivity index (χ0v) is 16.1. The van der Waals surface area contributed by atoms with Crippen molar-refractivity contribution in [2.75, 3.05) is 13.2 Å². The van der Waals surface area contributed by atoms with Crippen LogP contribution in [0.2, 0.25) is 0 Å². The molecule has 3 rings (SSSR count). The second-order valence-electron chi connectivity index (χ2n) is 6.93. The zero-order valence-electron chi connectivity index (χ0n) is 16.1. The summed E-state index contributed by atoms with van der Waals surface area (Å²) in [7, 11) is 0. The molecule has 3 aromatic rings. The van der Waals surface area contributed by atoms with E-state index >= 15 is 0 Å². The minimum atomic E-state index is -0.420. The Morgan fingerprint density at radius 1 is 1.25 bits per heavy atom. The molecular formula is C21H23FN2O4. The lowest BCUT2D eigenvalue weighted by atomic mass is 10.1. The van der Waals surface area contributed by atoms with Crippen LogP contribution in [-0.4, -0.2) is 29.1 Å². The summed E-state index contributed by atoms with van der Waals surface area (Å²) in [6, 6.07) is 11.8. The third kappa shape index (κ3) is 5.07. The number of aryl methyl sites for hydroxylation is 1. The number of benzene rings is 2. The first-order chi connectivity index (χ1) is 13.4. The van der Waals surface area contributed by atoms with Crippen LogP contribution in [0.15, 0.2) is 46.9 Å². The normalized spacial score (nSPS) is 11.2. The molecule has 0 saturated heterocycles. The first-order valence-corrected chi connectivity index (χ1v) is 9.09. The molecule has 1 amide bonds. The number of nitrogens with zero attached hydrogens (tertiary/aromatic N) is 2. The third-order valence-corrected chi connectivity index (χ3v) is 4.10. The van der Waals surface area contributed by atoms with Crippen molar-refractivity contribution in [3.63, 3.8) is 0 Å². The quantitative estimate of drug-likeness (QED) is 0.541. The van der Waals surface area contributed by atoms with E-state index in [0.29, 0.717) is 17.6 Å². The van der Waals surface area contributed by atoms with E-state index in [-0.39, 0.29) is 31.1 Å². The van der Waals surface area contributed by atoms with Crippen molar-refractivity contribution < 1.29 is 23.2 Å². The fourth-order valence-electron chi connectivity index (χ4n) is 2.61. The Balaban J connectivity index is 1.62. The number of aromatic nitrogens is 1. The molecule has 0 radical (unpaired) electrons. The maximum Gasteiger partial charge on any atom is 0.395 e. The second-order valence-corrected chi connectivity index (χ2v) is 6.93. The van der Waals surface area contributed by atoms with Crippen LogP contribution in [0.4, 0.5) is 4.39 Å². The number of oxazole rings is 1. The molecule has 0 aliphatic heterocycles. The standard InChI is InChI=1S/C21H23FN2O4/c1-14(2)11-24(27-12-16-7-5-4-6-15(16)3)20(25)13-26-21-23-18-10-17(22)8-9-19(18)28-21/h4-10,14H,11-13H2,1-3H3. The number of ether oxygens (including phenoxy) is 1. The van der Waals surface area contributed by atoms with E-state index < -0.39 is 5.82 Å². The molecule has 0 aliphatic rings.